The van der Waals surface area contributed by atoms with Crippen molar-refractivity contribution in [1.82, 2.24) is 4.90 Å². The third kappa shape index (κ3) is 4.20. The molecule has 0 saturated carbocycles. The molecule has 18 heavy (non-hydrogen) atoms. The molecular weight excluding hydrogens is 252 g/mol. The molecule has 0 amide bonds. The molecule has 5 heteroatoms. The maximum atomic E-state index is 11.8. The number of carbonyl (C=O) groups excluding carboxylic acids is 1. The number of esters is 1. The Hall–Kier alpha value is -1.26. The number of benzene rings is 1. The lowest BCUT2D eigenvalue weighted by Crippen LogP contribution is -2.30. The van der Waals surface area contributed by atoms with Gasteiger partial charge >= 0.3 is 5.97 Å². The molecule has 0 aliphatic rings. The molecule has 4 nitrogen and oxygen atoms in total. The zero-order chi connectivity index (χ0) is 13.7. The van der Waals surface area contributed by atoms with Gasteiger partial charge in [-0.2, -0.15) is 0 Å². The number of hydrogen-bond donors (Lipinski definition) is 1. The van der Waals surface area contributed by atoms with E-state index in [4.69, 9.17) is 22.1 Å². The van der Waals surface area contributed by atoms with Crippen LogP contribution in [-0.2, 0) is 4.74 Å². The molecule has 1 aromatic rings. The monoisotopic (exact) mass is 270 g/mol. The van der Waals surface area contributed by atoms with Gasteiger partial charge in [-0.05, 0) is 39.1 Å². The fourth-order valence-electron chi connectivity index (χ4n) is 1.32. The lowest BCUT2D eigenvalue weighted by atomic mass is 10.2. The highest BCUT2D eigenvalue weighted by Gasteiger charge is 2.12. The zero-order valence-corrected chi connectivity index (χ0v) is 11.7. The van der Waals surface area contributed by atoms with E-state index in [2.05, 4.69) is 18.7 Å². The van der Waals surface area contributed by atoms with Crippen LogP contribution in [0.5, 0.6) is 0 Å². The van der Waals surface area contributed by atoms with E-state index < -0.39 is 5.97 Å². The molecule has 100 valence electrons. The molecule has 0 radical (unpaired) electrons. The summed E-state index contributed by atoms with van der Waals surface area (Å²) in [4.78, 5) is 13.9. The fourth-order valence-corrected chi connectivity index (χ4v) is 1.58. The second-order valence-corrected chi connectivity index (χ2v) is 4.86. The minimum absolute atomic E-state index is 0.317. The Morgan fingerprint density at radius 2 is 2.17 bits per heavy atom. The molecule has 0 aliphatic carbocycles. The SMILES string of the molecule is CC(C)N(C)CCOC(=O)c1ccc(N)cc1Cl. The largest absolute Gasteiger partial charge is 0.461 e. The highest BCUT2D eigenvalue weighted by Crippen LogP contribution is 2.19. The quantitative estimate of drug-likeness (QED) is 0.659. The van der Waals surface area contributed by atoms with Crippen molar-refractivity contribution in [2.75, 3.05) is 25.9 Å². The number of hydrogen-bond acceptors (Lipinski definition) is 4. The van der Waals surface area contributed by atoms with Crippen molar-refractivity contribution in [1.29, 1.82) is 0 Å². The second-order valence-electron chi connectivity index (χ2n) is 4.45. The van der Waals surface area contributed by atoms with Gasteiger partial charge in [0.25, 0.3) is 0 Å². The molecule has 0 heterocycles. The summed E-state index contributed by atoms with van der Waals surface area (Å²) in [5.41, 5.74) is 6.43. The number of anilines is 1. The van der Waals surface area contributed by atoms with Crippen LogP contribution in [0.4, 0.5) is 5.69 Å². The minimum atomic E-state index is -0.419. The van der Waals surface area contributed by atoms with Gasteiger partial charge in [-0.25, -0.2) is 4.79 Å². The Balaban J connectivity index is 2.51. The summed E-state index contributed by atoms with van der Waals surface area (Å²) in [6.07, 6.45) is 0. The van der Waals surface area contributed by atoms with Crippen LogP contribution in [0.25, 0.3) is 0 Å². The minimum Gasteiger partial charge on any atom is -0.461 e. The first kappa shape index (κ1) is 14.8. The summed E-state index contributed by atoms with van der Waals surface area (Å²) in [5, 5.41) is 0.317. The average Bonchev–Trinajstić information content (AvgIpc) is 2.28. The third-order valence-corrected chi connectivity index (χ3v) is 3.08. The maximum Gasteiger partial charge on any atom is 0.339 e. The Bertz CT molecular complexity index is 421. The molecule has 0 spiro atoms. The summed E-state index contributed by atoms with van der Waals surface area (Å²) >= 11 is 5.93. The van der Waals surface area contributed by atoms with Gasteiger partial charge in [-0.15, -0.1) is 0 Å². The van der Waals surface area contributed by atoms with Crippen molar-refractivity contribution in [3.63, 3.8) is 0 Å². The number of nitrogen functional groups attached to an aromatic ring is 1. The van der Waals surface area contributed by atoms with E-state index in [1.165, 1.54) is 0 Å². The predicted molar refractivity (Wildman–Crippen MR) is 73.9 cm³/mol. The van der Waals surface area contributed by atoms with Crippen LogP contribution in [0, 0.1) is 0 Å². The van der Waals surface area contributed by atoms with E-state index >= 15 is 0 Å². The van der Waals surface area contributed by atoms with Gasteiger partial charge in [0.05, 0.1) is 10.6 Å². The average molecular weight is 271 g/mol. The van der Waals surface area contributed by atoms with E-state index in [0.29, 0.717) is 35.5 Å². The molecule has 0 unspecified atom stereocenters. The Kier molecular flexibility index (Phi) is 5.44. The molecule has 0 saturated heterocycles. The van der Waals surface area contributed by atoms with E-state index in [1.54, 1.807) is 18.2 Å². The number of halogens is 1. The number of likely N-dealkylation sites (N-methyl/N-ethyl adjacent to an activating group) is 1. The van der Waals surface area contributed by atoms with Crippen molar-refractivity contribution < 1.29 is 9.53 Å². The number of nitrogens with two attached hydrogens (primary N) is 1. The Morgan fingerprint density at radius 3 is 2.72 bits per heavy atom. The first-order valence-electron chi connectivity index (χ1n) is 5.84. The molecule has 0 atom stereocenters. The fraction of sp³-hybridized carbons (Fsp3) is 0.462. The Morgan fingerprint density at radius 1 is 1.50 bits per heavy atom. The third-order valence-electron chi connectivity index (χ3n) is 2.77. The summed E-state index contributed by atoms with van der Waals surface area (Å²) < 4.78 is 5.16. The van der Waals surface area contributed by atoms with Crippen LogP contribution >= 0.6 is 11.6 Å². The molecule has 1 rings (SSSR count). The number of carbonyl (C=O) groups is 1. The van der Waals surface area contributed by atoms with Crippen LogP contribution in [-0.4, -0.2) is 37.1 Å². The normalized spacial score (nSPS) is 11.0. The topological polar surface area (TPSA) is 55.6 Å². The maximum absolute atomic E-state index is 11.8. The first-order valence-corrected chi connectivity index (χ1v) is 6.22. The van der Waals surface area contributed by atoms with Gasteiger partial charge in [0, 0.05) is 18.3 Å². The highest BCUT2D eigenvalue weighted by molar-refractivity contribution is 6.33. The molecule has 0 fully saturated rings. The lowest BCUT2D eigenvalue weighted by molar-refractivity contribution is 0.0461. The molecule has 0 bridgehead atoms. The van der Waals surface area contributed by atoms with Crippen LogP contribution in [0.2, 0.25) is 5.02 Å². The van der Waals surface area contributed by atoms with E-state index in [0.717, 1.165) is 0 Å². The molecule has 0 aliphatic heterocycles. The highest BCUT2D eigenvalue weighted by atomic mass is 35.5. The summed E-state index contributed by atoms with van der Waals surface area (Å²) in [6, 6.07) is 5.16. The summed E-state index contributed by atoms with van der Waals surface area (Å²) in [5.74, 6) is -0.419. The smallest absolute Gasteiger partial charge is 0.339 e. The molecule has 2 N–H and O–H groups in total. The van der Waals surface area contributed by atoms with Crippen LogP contribution in [0.3, 0.4) is 0 Å². The first-order chi connectivity index (χ1) is 8.41. The van der Waals surface area contributed by atoms with Crippen molar-refractivity contribution >= 4 is 23.3 Å². The summed E-state index contributed by atoms with van der Waals surface area (Å²) in [6.45, 7) is 5.20. The van der Waals surface area contributed by atoms with E-state index in [1.807, 2.05) is 7.05 Å². The van der Waals surface area contributed by atoms with Crippen molar-refractivity contribution in [2.24, 2.45) is 0 Å². The van der Waals surface area contributed by atoms with Gasteiger partial charge < -0.3 is 15.4 Å². The van der Waals surface area contributed by atoms with Gasteiger partial charge in [-0.1, -0.05) is 11.6 Å². The molecule has 1 aromatic carbocycles. The molecular formula is C13H19ClN2O2. The summed E-state index contributed by atoms with van der Waals surface area (Å²) in [7, 11) is 1.98. The van der Waals surface area contributed by atoms with Gasteiger partial charge in [0.2, 0.25) is 0 Å². The van der Waals surface area contributed by atoms with E-state index in [-0.39, 0.29) is 0 Å². The molecule has 0 aromatic heterocycles. The Labute approximate surface area is 113 Å². The number of rotatable bonds is 5. The second kappa shape index (κ2) is 6.61. The lowest BCUT2D eigenvalue weighted by Gasteiger charge is -2.20. The van der Waals surface area contributed by atoms with Crippen LogP contribution in [0.15, 0.2) is 18.2 Å². The van der Waals surface area contributed by atoms with Crippen LogP contribution in [0.1, 0.15) is 24.2 Å². The van der Waals surface area contributed by atoms with Crippen molar-refractivity contribution in [2.45, 2.75) is 19.9 Å². The van der Waals surface area contributed by atoms with Gasteiger partial charge in [0.15, 0.2) is 0 Å². The standard InChI is InChI=1S/C13H19ClN2O2/c1-9(2)16(3)6-7-18-13(17)11-5-4-10(15)8-12(11)14/h4-5,8-9H,6-7,15H2,1-3H3. The predicted octanol–water partition coefficient (Wildman–Crippen LogP) is 2.42. The number of ether oxygens (including phenoxy) is 1. The van der Waals surface area contributed by atoms with Crippen LogP contribution < -0.4 is 5.73 Å². The van der Waals surface area contributed by atoms with Crippen molar-refractivity contribution in [3.8, 4) is 0 Å². The van der Waals surface area contributed by atoms with E-state index in [9.17, 15) is 4.79 Å². The van der Waals surface area contributed by atoms with Gasteiger partial charge in [0.1, 0.15) is 6.61 Å². The van der Waals surface area contributed by atoms with Crippen molar-refractivity contribution in [3.05, 3.63) is 28.8 Å². The number of nitrogens with zero attached hydrogens (tertiary/aromatic N) is 1. The van der Waals surface area contributed by atoms with Gasteiger partial charge in [-0.3, -0.25) is 0 Å². The zero-order valence-electron chi connectivity index (χ0n) is 10.9.